The number of nitrogens with two attached hydrogens (primary N) is 1. The van der Waals surface area contributed by atoms with E-state index in [9.17, 15) is 4.55 Å². The molecule has 0 aliphatic heterocycles. The predicted molar refractivity (Wildman–Crippen MR) is 91.4 cm³/mol. The first-order valence-electron chi connectivity index (χ1n) is 6.65. The summed E-state index contributed by atoms with van der Waals surface area (Å²) in [5, 5.41) is 6.95. The summed E-state index contributed by atoms with van der Waals surface area (Å²) >= 11 is 5.87. The maximum atomic E-state index is 11.2. The van der Waals surface area contributed by atoms with Crippen molar-refractivity contribution in [2.24, 2.45) is 5.14 Å². The minimum Gasteiger partial charge on any atom is -0.598 e. The fourth-order valence-corrected chi connectivity index (χ4v) is 3.43. The van der Waals surface area contributed by atoms with Crippen LogP contribution >= 0.6 is 23.4 Å². The van der Waals surface area contributed by atoms with Crippen LogP contribution in [0.5, 0.6) is 11.5 Å². The molecule has 124 valence electrons. The van der Waals surface area contributed by atoms with Crippen LogP contribution in [-0.4, -0.2) is 28.2 Å². The lowest BCUT2D eigenvalue weighted by Crippen LogP contribution is -2.14. The van der Waals surface area contributed by atoms with Crippen LogP contribution in [0.1, 0.15) is 12.5 Å². The minimum atomic E-state index is -1.44. The molecule has 23 heavy (non-hydrogen) atoms. The van der Waals surface area contributed by atoms with Gasteiger partial charge in [0.2, 0.25) is 0 Å². The molecule has 0 aliphatic rings. The standard InChI is InChI=1S/C14H16ClN3O3S2/c1-3-21-11-7-17-13(6-10(11)20-2)22-14-5-9(8-23(16)19)4-12(15)18-14/h4-7H,3,8,16H2,1-2H3. The number of rotatable bonds is 7. The number of nitrogens with zero attached hydrogens (tertiary/aromatic N) is 2. The van der Waals surface area contributed by atoms with Crippen molar-refractivity contribution in [2.45, 2.75) is 22.7 Å². The zero-order chi connectivity index (χ0) is 16.8. The Hall–Kier alpha value is -1.19. The molecule has 0 saturated heterocycles. The van der Waals surface area contributed by atoms with E-state index in [1.54, 1.807) is 31.5 Å². The van der Waals surface area contributed by atoms with Crippen LogP contribution in [-0.2, 0) is 17.1 Å². The largest absolute Gasteiger partial charge is 0.598 e. The van der Waals surface area contributed by atoms with Gasteiger partial charge in [-0.25, -0.2) is 9.97 Å². The molecule has 0 bridgehead atoms. The number of pyridine rings is 2. The van der Waals surface area contributed by atoms with E-state index in [0.717, 1.165) is 5.56 Å². The number of hydrogen-bond acceptors (Lipinski definition) is 7. The van der Waals surface area contributed by atoms with E-state index >= 15 is 0 Å². The molecule has 0 saturated carbocycles. The van der Waals surface area contributed by atoms with Crippen molar-refractivity contribution < 1.29 is 14.0 Å². The Morgan fingerprint density at radius 3 is 2.74 bits per heavy atom. The monoisotopic (exact) mass is 373 g/mol. The molecule has 6 nitrogen and oxygen atoms in total. The van der Waals surface area contributed by atoms with Crippen LogP contribution in [0.4, 0.5) is 0 Å². The Morgan fingerprint density at radius 2 is 2.09 bits per heavy atom. The fourth-order valence-electron chi connectivity index (χ4n) is 1.82. The van der Waals surface area contributed by atoms with Crippen LogP contribution in [0.2, 0.25) is 5.15 Å². The molecular weight excluding hydrogens is 358 g/mol. The molecule has 0 amide bonds. The van der Waals surface area contributed by atoms with Gasteiger partial charge in [-0.05, 0) is 30.8 Å². The van der Waals surface area contributed by atoms with Gasteiger partial charge >= 0.3 is 0 Å². The van der Waals surface area contributed by atoms with Crippen molar-refractivity contribution in [3.05, 3.63) is 35.1 Å². The van der Waals surface area contributed by atoms with Crippen molar-refractivity contribution >= 4 is 34.7 Å². The summed E-state index contributed by atoms with van der Waals surface area (Å²) in [4.78, 5) is 8.54. The van der Waals surface area contributed by atoms with E-state index in [-0.39, 0.29) is 5.75 Å². The van der Waals surface area contributed by atoms with Crippen LogP contribution in [0.15, 0.2) is 34.4 Å². The second kappa shape index (κ2) is 8.60. The molecule has 0 aromatic carbocycles. The van der Waals surface area contributed by atoms with Gasteiger partial charge in [0.15, 0.2) is 17.3 Å². The lowest BCUT2D eigenvalue weighted by molar-refractivity contribution is 0.308. The van der Waals surface area contributed by atoms with Crippen LogP contribution < -0.4 is 14.6 Å². The summed E-state index contributed by atoms with van der Waals surface area (Å²) in [6, 6.07) is 5.19. The van der Waals surface area contributed by atoms with Crippen molar-refractivity contribution in [1.29, 1.82) is 0 Å². The fraction of sp³-hybridized carbons (Fsp3) is 0.286. The summed E-state index contributed by atoms with van der Waals surface area (Å²) < 4.78 is 21.9. The molecule has 0 radical (unpaired) electrons. The van der Waals surface area contributed by atoms with E-state index < -0.39 is 11.4 Å². The lowest BCUT2D eigenvalue weighted by atomic mass is 10.3. The lowest BCUT2D eigenvalue weighted by Gasteiger charge is -2.10. The highest BCUT2D eigenvalue weighted by Gasteiger charge is 2.11. The van der Waals surface area contributed by atoms with E-state index in [1.165, 1.54) is 11.8 Å². The summed E-state index contributed by atoms with van der Waals surface area (Å²) in [7, 11) is 1.57. The maximum absolute atomic E-state index is 11.2. The molecule has 9 heteroatoms. The first kappa shape index (κ1) is 18.2. The van der Waals surface area contributed by atoms with Gasteiger partial charge in [0.05, 0.1) is 19.9 Å². The average molecular weight is 374 g/mol. The highest BCUT2D eigenvalue weighted by molar-refractivity contribution is 7.99. The van der Waals surface area contributed by atoms with Crippen molar-refractivity contribution in [3.63, 3.8) is 0 Å². The topological polar surface area (TPSA) is 93.3 Å². The molecular formula is C14H16ClN3O3S2. The van der Waals surface area contributed by atoms with Gasteiger partial charge in [0.1, 0.15) is 15.2 Å². The Balaban J connectivity index is 2.23. The summed E-state index contributed by atoms with van der Waals surface area (Å²) in [6.07, 6.45) is 1.60. The van der Waals surface area contributed by atoms with Crippen LogP contribution in [0.3, 0.4) is 0 Å². The van der Waals surface area contributed by atoms with Gasteiger partial charge in [0, 0.05) is 23.0 Å². The Morgan fingerprint density at radius 1 is 1.30 bits per heavy atom. The van der Waals surface area contributed by atoms with E-state index in [1.807, 2.05) is 6.92 Å². The smallest absolute Gasteiger partial charge is 0.179 e. The number of methoxy groups -OCH3 is 1. The SMILES string of the molecule is CCOc1cnc(Sc2cc(C[S+](N)[O-])cc(Cl)n2)cc1OC. The average Bonchev–Trinajstić information content (AvgIpc) is 2.47. The third kappa shape index (κ3) is 5.43. The van der Waals surface area contributed by atoms with E-state index in [4.69, 9.17) is 26.2 Å². The maximum Gasteiger partial charge on any atom is 0.179 e. The highest BCUT2D eigenvalue weighted by Crippen LogP contribution is 2.33. The first-order chi connectivity index (χ1) is 11.0. The van der Waals surface area contributed by atoms with E-state index in [0.29, 0.717) is 33.3 Å². The van der Waals surface area contributed by atoms with Gasteiger partial charge in [-0.3, -0.25) is 0 Å². The van der Waals surface area contributed by atoms with Crippen LogP contribution in [0.25, 0.3) is 0 Å². The van der Waals surface area contributed by atoms with Crippen molar-refractivity contribution in [2.75, 3.05) is 13.7 Å². The molecule has 0 aliphatic carbocycles. The molecule has 0 spiro atoms. The second-order valence-corrected chi connectivity index (χ2v) is 6.85. The molecule has 2 rings (SSSR count). The van der Waals surface area contributed by atoms with Crippen molar-refractivity contribution in [3.8, 4) is 11.5 Å². The van der Waals surface area contributed by atoms with Gasteiger partial charge < -0.3 is 14.0 Å². The number of aromatic nitrogens is 2. The first-order valence-corrected chi connectivity index (χ1v) is 9.23. The minimum absolute atomic E-state index is 0.218. The predicted octanol–water partition coefficient (Wildman–Crippen LogP) is 2.81. The van der Waals surface area contributed by atoms with Gasteiger partial charge in [-0.1, -0.05) is 11.6 Å². The molecule has 2 N–H and O–H groups in total. The quantitative estimate of drug-likeness (QED) is 0.589. The number of ether oxygens (including phenoxy) is 2. The van der Waals surface area contributed by atoms with Crippen molar-refractivity contribution in [1.82, 2.24) is 9.97 Å². The van der Waals surface area contributed by atoms with Gasteiger partial charge in [-0.15, -0.1) is 0 Å². The third-order valence-electron chi connectivity index (χ3n) is 2.67. The van der Waals surface area contributed by atoms with Gasteiger partial charge in [0.25, 0.3) is 0 Å². The summed E-state index contributed by atoms with van der Waals surface area (Å²) in [5.41, 5.74) is 0.756. The number of halogens is 1. The molecule has 1 atom stereocenters. The molecule has 1 unspecified atom stereocenters. The van der Waals surface area contributed by atoms with E-state index in [2.05, 4.69) is 9.97 Å². The molecule has 2 heterocycles. The zero-order valence-electron chi connectivity index (χ0n) is 12.6. The molecule has 2 aromatic heterocycles. The summed E-state index contributed by atoms with van der Waals surface area (Å²) in [5.74, 6) is 1.39. The normalized spacial score (nSPS) is 12.0. The Bertz CT molecular complexity index is 674. The highest BCUT2D eigenvalue weighted by atomic mass is 35.5. The summed E-state index contributed by atoms with van der Waals surface area (Å²) in [6.45, 7) is 2.42. The zero-order valence-corrected chi connectivity index (χ0v) is 15.0. The second-order valence-electron chi connectivity index (χ2n) is 4.37. The molecule has 0 fully saturated rings. The number of hydrogen-bond donors (Lipinski definition) is 1. The van der Waals surface area contributed by atoms with Crippen LogP contribution in [0, 0.1) is 0 Å². The molecule has 2 aromatic rings. The third-order valence-corrected chi connectivity index (χ3v) is 4.34. The van der Waals surface area contributed by atoms with Gasteiger partial charge in [-0.2, -0.15) is 5.14 Å². The Labute approximate surface area is 147 Å². The Kier molecular flexibility index (Phi) is 6.79.